The third-order valence-corrected chi connectivity index (χ3v) is 4.85. The highest BCUT2D eigenvalue weighted by atomic mass is 19.1. The van der Waals surface area contributed by atoms with Crippen LogP contribution in [0.1, 0.15) is 15.9 Å². The minimum atomic E-state index is -1.07. The van der Waals surface area contributed by atoms with E-state index in [4.69, 9.17) is 5.73 Å². The second-order valence-corrected chi connectivity index (χ2v) is 6.54. The molecule has 0 unspecified atom stereocenters. The van der Waals surface area contributed by atoms with Gasteiger partial charge in [-0.2, -0.15) is 0 Å². The van der Waals surface area contributed by atoms with Crippen LogP contribution in [0.2, 0.25) is 0 Å². The molecule has 142 valence electrons. The molecule has 0 aliphatic rings. The predicted molar refractivity (Wildman–Crippen MR) is 104 cm³/mol. The molecule has 0 aliphatic heterocycles. The highest BCUT2D eigenvalue weighted by Crippen LogP contribution is 2.28. The second kappa shape index (κ2) is 6.23. The molecule has 6 nitrogen and oxygen atoms in total. The summed E-state index contributed by atoms with van der Waals surface area (Å²) in [5.41, 5.74) is 7.37. The van der Waals surface area contributed by atoms with Crippen LogP contribution >= 0.6 is 0 Å². The van der Waals surface area contributed by atoms with Crippen molar-refractivity contribution in [3.63, 3.8) is 0 Å². The van der Waals surface area contributed by atoms with Gasteiger partial charge in [-0.1, -0.05) is 6.07 Å². The molecule has 29 heavy (non-hydrogen) atoms. The van der Waals surface area contributed by atoms with Gasteiger partial charge >= 0.3 is 0 Å². The molecule has 5 rings (SSSR count). The zero-order valence-corrected chi connectivity index (χ0v) is 14.9. The number of ketones is 1. The van der Waals surface area contributed by atoms with Crippen molar-refractivity contribution in [1.82, 2.24) is 19.4 Å². The number of carbonyl (C=O) groups is 1. The van der Waals surface area contributed by atoms with Gasteiger partial charge in [0.2, 0.25) is 5.78 Å². The predicted octanol–water partition coefficient (Wildman–Crippen LogP) is 3.97. The van der Waals surface area contributed by atoms with Crippen molar-refractivity contribution in [2.24, 2.45) is 0 Å². The number of aromatic nitrogens is 4. The van der Waals surface area contributed by atoms with Crippen LogP contribution in [0.3, 0.4) is 0 Å². The topological polar surface area (TPSA) is 89.1 Å². The van der Waals surface area contributed by atoms with Crippen LogP contribution in [0, 0.1) is 11.6 Å². The fraction of sp³-hybridized carbons (Fsp3) is 0. The quantitative estimate of drug-likeness (QED) is 0.361. The Hall–Kier alpha value is -4.07. The minimum Gasteiger partial charge on any atom is -0.396 e. The SMILES string of the molecule is Nc1ccc(F)c(C(=O)c2c[nH]c3ncc(-c4cccc5nccn45)cc23)c1F. The number of nitrogens with two attached hydrogens (primary N) is 1. The van der Waals surface area contributed by atoms with E-state index in [-0.39, 0.29) is 11.3 Å². The van der Waals surface area contributed by atoms with Gasteiger partial charge in [-0.25, -0.2) is 18.7 Å². The highest BCUT2D eigenvalue weighted by molar-refractivity contribution is 6.16. The number of aromatic amines is 1. The average molecular weight is 389 g/mol. The lowest BCUT2D eigenvalue weighted by atomic mass is 10.0. The third-order valence-electron chi connectivity index (χ3n) is 4.85. The Morgan fingerprint density at radius 2 is 2.00 bits per heavy atom. The van der Waals surface area contributed by atoms with E-state index in [1.54, 1.807) is 18.5 Å². The fourth-order valence-electron chi connectivity index (χ4n) is 3.43. The number of hydrogen-bond donors (Lipinski definition) is 2. The van der Waals surface area contributed by atoms with Crippen LogP contribution in [0.25, 0.3) is 27.9 Å². The summed E-state index contributed by atoms with van der Waals surface area (Å²) >= 11 is 0. The summed E-state index contributed by atoms with van der Waals surface area (Å²) in [4.78, 5) is 24.4. The van der Waals surface area contributed by atoms with E-state index in [2.05, 4.69) is 15.0 Å². The van der Waals surface area contributed by atoms with E-state index < -0.39 is 23.0 Å². The van der Waals surface area contributed by atoms with Gasteiger partial charge in [-0.05, 0) is 30.3 Å². The molecule has 0 aliphatic carbocycles. The Kier molecular flexibility index (Phi) is 3.67. The summed E-state index contributed by atoms with van der Waals surface area (Å²) < 4.78 is 30.5. The van der Waals surface area contributed by atoms with E-state index in [0.29, 0.717) is 11.0 Å². The van der Waals surface area contributed by atoms with Gasteiger partial charge in [0, 0.05) is 41.3 Å². The van der Waals surface area contributed by atoms with Crippen molar-refractivity contribution in [3.05, 3.63) is 83.9 Å². The van der Waals surface area contributed by atoms with Gasteiger partial charge in [0.15, 0.2) is 5.82 Å². The summed E-state index contributed by atoms with van der Waals surface area (Å²) in [5.74, 6) is -2.85. The van der Waals surface area contributed by atoms with Gasteiger partial charge in [-0.15, -0.1) is 0 Å². The van der Waals surface area contributed by atoms with Gasteiger partial charge in [0.1, 0.15) is 17.1 Å². The summed E-state index contributed by atoms with van der Waals surface area (Å²) in [6.45, 7) is 0. The molecule has 5 aromatic rings. The van der Waals surface area contributed by atoms with E-state index >= 15 is 0 Å². The molecule has 3 N–H and O–H groups in total. The monoisotopic (exact) mass is 389 g/mol. The Morgan fingerprint density at radius 1 is 1.14 bits per heavy atom. The molecular weight excluding hydrogens is 376 g/mol. The van der Waals surface area contributed by atoms with Crippen molar-refractivity contribution in [2.45, 2.75) is 0 Å². The molecule has 0 radical (unpaired) electrons. The molecule has 4 heterocycles. The van der Waals surface area contributed by atoms with Gasteiger partial charge < -0.3 is 10.7 Å². The lowest BCUT2D eigenvalue weighted by Crippen LogP contribution is -2.09. The summed E-state index contributed by atoms with van der Waals surface area (Å²) in [6.07, 6.45) is 6.55. The number of benzene rings is 1. The fourth-order valence-corrected chi connectivity index (χ4v) is 3.43. The number of H-pyrrole nitrogens is 1. The normalized spacial score (nSPS) is 11.4. The molecule has 0 saturated heterocycles. The van der Waals surface area contributed by atoms with Crippen LogP contribution in [0.4, 0.5) is 14.5 Å². The van der Waals surface area contributed by atoms with Crippen molar-refractivity contribution in [1.29, 1.82) is 0 Å². The standard InChI is InChI=1S/C21H13F2N5O/c22-14-4-5-15(24)19(23)18(14)20(29)13-10-27-21-12(13)8-11(9-26-21)16-2-1-3-17-25-6-7-28(16)17/h1-10H,24H2,(H,26,27). The second-order valence-electron chi connectivity index (χ2n) is 6.54. The zero-order chi connectivity index (χ0) is 20.1. The molecule has 0 saturated carbocycles. The number of pyridine rings is 2. The first-order valence-electron chi connectivity index (χ1n) is 8.72. The first-order chi connectivity index (χ1) is 14.0. The molecule has 0 fully saturated rings. The third kappa shape index (κ3) is 2.57. The number of hydrogen-bond acceptors (Lipinski definition) is 4. The van der Waals surface area contributed by atoms with E-state index in [0.717, 1.165) is 29.0 Å². The molecular formula is C21H13F2N5O. The Bertz CT molecular complexity index is 1420. The first-order valence-corrected chi connectivity index (χ1v) is 8.72. The van der Waals surface area contributed by atoms with E-state index in [9.17, 15) is 13.6 Å². The maximum Gasteiger partial charge on any atom is 0.201 e. The summed E-state index contributed by atoms with van der Waals surface area (Å²) in [7, 11) is 0. The smallest absolute Gasteiger partial charge is 0.201 e. The number of carbonyl (C=O) groups excluding carboxylic acids is 1. The largest absolute Gasteiger partial charge is 0.396 e. The maximum absolute atomic E-state index is 14.4. The number of fused-ring (bicyclic) bond motifs is 2. The number of anilines is 1. The lowest BCUT2D eigenvalue weighted by Gasteiger charge is -2.07. The van der Waals surface area contributed by atoms with Gasteiger partial charge in [0.25, 0.3) is 0 Å². The number of halogens is 2. The molecule has 4 aromatic heterocycles. The van der Waals surface area contributed by atoms with Crippen molar-refractivity contribution in [2.75, 3.05) is 5.73 Å². The lowest BCUT2D eigenvalue weighted by molar-refractivity contribution is 0.103. The van der Waals surface area contributed by atoms with Gasteiger partial charge in [-0.3, -0.25) is 9.20 Å². The van der Waals surface area contributed by atoms with E-state index in [1.165, 1.54) is 6.20 Å². The van der Waals surface area contributed by atoms with Crippen molar-refractivity contribution >= 4 is 28.2 Å². The number of nitrogens with zero attached hydrogens (tertiary/aromatic N) is 3. The molecule has 0 amide bonds. The summed E-state index contributed by atoms with van der Waals surface area (Å²) in [5, 5.41) is 0.450. The molecule has 0 bridgehead atoms. The van der Waals surface area contributed by atoms with Crippen molar-refractivity contribution in [3.8, 4) is 11.3 Å². The van der Waals surface area contributed by atoms with Crippen LogP contribution in [0.15, 0.2) is 61.2 Å². The molecule has 0 atom stereocenters. The van der Waals surface area contributed by atoms with E-state index in [1.807, 2.05) is 28.8 Å². The number of rotatable bonds is 3. The highest BCUT2D eigenvalue weighted by Gasteiger charge is 2.24. The average Bonchev–Trinajstić information content (AvgIpc) is 3.37. The molecule has 1 aromatic carbocycles. The van der Waals surface area contributed by atoms with Crippen molar-refractivity contribution < 1.29 is 13.6 Å². The molecule has 0 spiro atoms. The zero-order valence-electron chi connectivity index (χ0n) is 14.9. The van der Waals surface area contributed by atoms with Crippen LogP contribution < -0.4 is 5.73 Å². The van der Waals surface area contributed by atoms with Crippen LogP contribution in [-0.2, 0) is 0 Å². The van der Waals surface area contributed by atoms with Crippen LogP contribution in [-0.4, -0.2) is 25.1 Å². The summed E-state index contributed by atoms with van der Waals surface area (Å²) in [6, 6.07) is 9.44. The Labute approximate surface area is 162 Å². The molecule has 8 heteroatoms. The minimum absolute atomic E-state index is 0.107. The maximum atomic E-state index is 14.4. The van der Waals surface area contributed by atoms with Crippen LogP contribution in [0.5, 0.6) is 0 Å². The Morgan fingerprint density at radius 3 is 2.86 bits per heavy atom. The number of nitrogens with one attached hydrogen (secondary N) is 1. The first kappa shape index (κ1) is 17.1. The number of imidazole rings is 1. The number of nitrogen functional groups attached to an aromatic ring is 1. The Balaban J connectivity index is 1.69. The van der Waals surface area contributed by atoms with Gasteiger partial charge in [0.05, 0.1) is 16.9 Å².